The highest BCUT2D eigenvalue weighted by atomic mass is 16.1. The number of rotatable bonds is 7. The standard InChI is InChI=1S/C11H21NO/c1-3-5-6-7-10(4-2)8-9-11(12)13/h8-10H,3-7H2,1-2H3,(H2,12,13)/b9-8+. The largest absolute Gasteiger partial charge is 0.366 e. The summed E-state index contributed by atoms with van der Waals surface area (Å²) in [6.45, 7) is 4.34. The van der Waals surface area contributed by atoms with Crippen molar-refractivity contribution in [3.05, 3.63) is 12.2 Å². The van der Waals surface area contributed by atoms with Crippen molar-refractivity contribution >= 4 is 5.91 Å². The van der Waals surface area contributed by atoms with Crippen molar-refractivity contribution in [1.82, 2.24) is 0 Å². The smallest absolute Gasteiger partial charge is 0.241 e. The highest BCUT2D eigenvalue weighted by molar-refractivity contribution is 5.85. The lowest BCUT2D eigenvalue weighted by Crippen LogP contribution is -2.06. The van der Waals surface area contributed by atoms with E-state index in [1.54, 1.807) is 0 Å². The van der Waals surface area contributed by atoms with Gasteiger partial charge in [-0.2, -0.15) is 0 Å². The summed E-state index contributed by atoms with van der Waals surface area (Å²) < 4.78 is 0. The molecule has 0 saturated heterocycles. The predicted molar refractivity (Wildman–Crippen MR) is 56.3 cm³/mol. The van der Waals surface area contributed by atoms with Crippen LogP contribution in [0.15, 0.2) is 12.2 Å². The van der Waals surface area contributed by atoms with Gasteiger partial charge in [-0.3, -0.25) is 4.79 Å². The molecule has 2 heteroatoms. The number of carbonyl (C=O) groups is 1. The number of unbranched alkanes of at least 4 members (excludes halogenated alkanes) is 2. The van der Waals surface area contributed by atoms with Crippen molar-refractivity contribution in [2.75, 3.05) is 0 Å². The number of carbonyl (C=O) groups excluding carboxylic acids is 1. The third-order valence-corrected chi connectivity index (χ3v) is 2.24. The van der Waals surface area contributed by atoms with Gasteiger partial charge in [0.25, 0.3) is 0 Å². The van der Waals surface area contributed by atoms with Crippen molar-refractivity contribution in [1.29, 1.82) is 0 Å². The summed E-state index contributed by atoms with van der Waals surface area (Å²) in [6.07, 6.45) is 9.47. The molecule has 0 bridgehead atoms. The van der Waals surface area contributed by atoms with Crippen LogP contribution in [0.2, 0.25) is 0 Å². The quantitative estimate of drug-likeness (QED) is 0.478. The minimum atomic E-state index is -0.339. The fourth-order valence-electron chi connectivity index (χ4n) is 1.32. The second kappa shape index (κ2) is 7.84. The van der Waals surface area contributed by atoms with E-state index in [0.717, 1.165) is 6.42 Å². The van der Waals surface area contributed by atoms with Crippen molar-refractivity contribution in [3.8, 4) is 0 Å². The SMILES string of the molecule is CCCCCC(/C=C/C(N)=O)CC. The van der Waals surface area contributed by atoms with Crippen LogP contribution in [0, 0.1) is 5.92 Å². The molecular formula is C11H21NO. The van der Waals surface area contributed by atoms with E-state index in [2.05, 4.69) is 13.8 Å². The molecule has 0 aliphatic heterocycles. The van der Waals surface area contributed by atoms with E-state index < -0.39 is 0 Å². The van der Waals surface area contributed by atoms with Gasteiger partial charge in [0.15, 0.2) is 0 Å². The number of primary amides is 1. The number of amides is 1. The summed E-state index contributed by atoms with van der Waals surface area (Å²) in [7, 11) is 0. The monoisotopic (exact) mass is 183 g/mol. The zero-order valence-electron chi connectivity index (χ0n) is 8.75. The van der Waals surface area contributed by atoms with E-state index in [1.807, 2.05) is 6.08 Å². The maximum atomic E-state index is 10.5. The predicted octanol–water partition coefficient (Wildman–Crippen LogP) is 2.63. The van der Waals surface area contributed by atoms with Crippen LogP contribution in [-0.2, 0) is 4.79 Å². The number of hydrogen-bond acceptors (Lipinski definition) is 1. The summed E-state index contributed by atoms with van der Waals surface area (Å²) in [5.74, 6) is 0.188. The Hall–Kier alpha value is -0.790. The van der Waals surface area contributed by atoms with Gasteiger partial charge in [-0.15, -0.1) is 0 Å². The molecule has 0 aliphatic carbocycles. The van der Waals surface area contributed by atoms with Gasteiger partial charge in [-0.1, -0.05) is 39.2 Å². The average molecular weight is 183 g/mol. The van der Waals surface area contributed by atoms with E-state index in [-0.39, 0.29) is 5.91 Å². The molecule has 0 rings (SSSR count). The molecule has 0 fully saturated rings. The van der Waals surface area contributed by atoms with Crippen LogP contribution in [0.1, 0.15) is 46.0 Å². The van der Waals surface area contributed by atoms with Crippen LogP contribution in [0.3, 0.4) is 0 Å². The van der Waals surface area contributed by atoms with Crippen LogP contribution >= 0.6 is 0 Å². The number of nitrogens with two attached hydrogens (primary N) is 1. The Labute approximate surface area is 81.2 Å². The lowest BCUT2D eigenvalue weighted by molar-refractivity contribution is -0.113. The Morgan fingerprint density at radius 1 is 1.38 bits per heavy atom. The molecule has 13 heavy (non-hydrogen) atoms. The first-order chi connectivity index (χ1) is 6.20. The van der Waals surface area contributed by atoms with Crippen LogP contribution in [0.5, 0.6) is 0 Å². The van der Waals surface area contributed by atoms with Gasteiger partial charge in [0.2, 0.25) is 5.91 Å². The highest BCUT2D eigenvalue weighted by Gasteiger charge is 2.01. The summed E-state index contributed by atoms with van der Waals surface area (Å²) in [4.78, 5) is 10.5. The van der Waals surface area contributed by atoms with Crippen LogP contribution < -0.4 is 5.73 Å². The molecule has 0 aromatic rings. The zero-order chi connectivity index (χ0) is 10.1. The first-order valence-corrected chi connectivity index (χ1v) is 5.18. The van der Waals surface area contributed by atoms with Crippen LogP contribution in [0.25, 0.3) is 0 Å². The van der Waals surface area contributed by atoms with Crippen molar-refractivity contribution < 1.29 is 4.79 Å². The molecule has 0 aromatic heterocycles. The third-order valence-electron chi connectivity index (χ3n) is 2.24. The Morgan fingerprint density at radius 3 is 2.54 bits per heavy atom. The zero-order valence-corrected chi connectivity index (χ0v) is 8.75. The van der Waals surface area contributed by atoms with Crippen molar-refractivity contribution in [2.45, 2.75) is 46.0 Å². The molecule has 0 radical (unpaired) electrons. The first-order valence-electron chi connectivity index (χ1n) is 5.18. The van der Waals surface area contributed by atoms with E-state index in [1.165, 1.54) is 31.8 Å². The normalized spacial score (nSPS) is 13.4. The minimum absolute atomic E-state index is 0.339. The summed E-state index contributed by atoms with van der Waals surface area (Å²) in [6, 6.07) is 0. The molecule has 0 heterocycles. The molecule has 1 unspecified atom stereocenters. The second-order valence-electron chi connectivity index (χ2n) is 3.43. The van der Waals surface area contributed by atoms with E-state index in [4.69, 9.17) is 5.73 Å². The van der Waals surface area contributed by atoms with Gasteiger partial charge < -0.3 is 5.73 Å². The van der Waals surface area contributed by atoms with Gasteiger partial charge in [0.1, 0.15) is 0 Å². The Bertz CT molecular complexity index is 163. The van der Waals surface area contributed by atoms with E-state index >= 15 is 0 Å². The van der Waals surface area contributed by atoms with Crippen molar-refractivity contribution in [3.63, 3.8) is 0 Å². The molecule has 0 aliphatic rings. The molecule has 2 N–H and O–H groups in total. The molecule has 76 valence electrons. The van der Waals surface area contributed by atoms with Gasteiger partial charge in [-0.05, 0) is 24.8 Å². The maximum absolute atomic E-state index is 10.5. The summed E-state index contributed by atoms with van der Waals surface area (Å²) >= 11 is 0. The second-order valence-corrected chi connectivity index (χ2v) is 3.43. The molecular weight excluding hydrogens is 162 g/mol. The molecule has 2 nitrogen and oxygen atoms in total. The first kappa shape index (κ1) is 12.2. The fourth-order valence-corrected chi connectivity index (χ4v) is 1.32. The van der Waals surface area contributed by atoms with Gasteiger partial charge >= 0.3 is 0 Å². The van der Waals surface area contributed by atoms with E-state index in [0.29, 0.717) is 5.92 Å². The maximum Gasteiger partial charge on any atom is 0.241 e. The Morgan fingerprint density at radius 2 is 2.08 bits per heavy atom. The third kappa shape index (κ3) is 7.57. The molecule has 0 saturated carbocycles. The Kier molecular flexibility index (Phi) is 7.36. The molecule has 0 aromatic carbocycles. The Balaban J connectivity index is 3.69. The molecule has 0 spiro atoms. The summed E-state index contributed by atoms with van der Waals surface area (Å²) in [5, 5.41) is 0. The summed E-state index contributed by atoms with van der Waals surface area (Å²) in [5.41, 5.74) is 5.02. The lowest BCUT2D eigenvalue weighted by Gasteiger charge is -2.08. The molecule has 1 atom stereocenters. The van der Waals surface area contributed by atoms with Gasteiger partial charge in [0.05, 0.1) is 0 Å². The van der Waals surface area contributed by atoms with E-state index in [9.17, 15) is 4.79 Å². The lowest BCUT2D eigenvalue weighted by atomic mass is 9.98. The number of allylic oxidation sites excluding steroid dienone is 1. The van der Waals surface area contributed by atoms with Crippen molar-refractivity contribution in [2.24, 2.45) is 11.7 Å². The average Bonchev–Trinajstić information content (AvgIpc) is 2.10. The van der Waals surface area contributed by atoms with Gasteiger partial charge in [-0.25, -0.2) is 0 Å². The number of hydrogen-bond donors (Lipinski definition) is 1. The van der Waals surface area contributed by atoms with Crippen LogP contribution in [-0.4, -0.2) is 5.91 Å². The minimum Gasteiger partial charge on any atom is -0.366 e. The fraction of sp³-hybridized carbons (Fsp3) is 0.727. The molecule has 1 amide bonds. The highest BCUT2D eigenvalue weighted by Crippen LogP contribution is 2.14. The topological polar surface area (TPSA) is 43.1 Å². The van der Waals surface area contributed by atoms with Crippen LogP contribution in [0.4, 0.5) is 0 Å². The van der Waals surface area contributed by atoms with Gasteiger partial charge in [0, 0.05) is 0 Å².